The third-order valence-corrected chi connectivity index (χ3v) is 8.64. The van der Waals surface area contributed by atoms with Gasteiger partial charge in [0.25, 0.3) is 0 Å². The number of unbranched alkanes of at least 4 members (excludes halogenated alkanes) is 13. The molecule has 0 aliphatic rings. The lowest BCUT2D eigenvalue weighted by molar-refractivity contribution is -0.150. The van der Waals surface area contributed by atoms with Crippen LogP contribution in [0, 0.1) is 0 Å². The second kappa shape index (κ2) is 39.6. The van der Waals surface area contributed by atoms with Gasteiger partial charge in [-0.1, -0.05) is 151 Å². The van der Waals surface area contributed by atoms with Gasteiger partial charge in [-0.25, -0.2) is 0 Å². The summed E-state index contributed by atoms with van der Waals surface area (Å²) in [5.74, 6) is -1.27. The minimum atomic E-state index is -1.02. The predicted molar refractivity (Wildman–Crippen MR) is 217 cm³/mol. The van der Waals surface area contributed by atoms with Crippen LogP contribution >= 0.6 is 0 Å². The van der Waals surface area contributed by atoms with Gasteiger partial charge in [0.2, 0.25) is 5.91 Å². The standard InChI is InChI=1S/C45H75NO5/c1-3-5-7-9-11-12-13-14-15-16-17-18-19-20-21-22-23-24-25-26-27-32-36-40-45(50)51-42(37-33-29-10-8-6-4-2)38-34-30-28-31-35-39-43(47)46-41-44(48)49/h5,7,11-12,14-15,17-18,20-21,23-24,42H,3-4,6,8-10,13,16,19,22,25-41H2,1-2H3,(H,46,47)(H,48,49)/b7-5-,12-11-,15-14-,18-17-,21-20-,24-23-. The molecular formula is C45H75NO5. The molecule has 0 bridgehead atoms. The Morgan fingerprint density at radius 2 is 0.961 bits per heavy atom. The highest BCUT2D eigenvalue weighted by Crippen LogP contribution is 2.18. The van der Waals surface area contributed by atoms with Gasteiger partial charge in [0.05, 0.1) is 0 Å². The van der Waals surface area contributed by atoms with Crippen molar-refractivity contribution in [3.05, 3.63) is 72.9 Å². The number of allylic oxidation sites excluding steroid dienone is 12. The lowest BCUT2D eigenvalue weighted by Gasteiger charge is -2.18. The number of ether oxygens (including phenoxy) is 1. The Morgan fingerprint density at radius 3 is 1.47 bits per heavy atom. The number of hydrogen-bond donors (Lipinski definition) is 2. The summed E-state index contributed by atoms with van der Waals surface area (Å²) in [6.07, 6.45) is 53.2. The summed E-state index contributed by atoms with van der Waals surface area (Å²) in [4.78, 5) is 34.8. The van der Waals surface area contributed by atoms with E-state index in [1.165, 1.54) is 32.1 Å². The van der Waals surface area contributed by atoms with Crippen LogP contribution in [0.5, 0.6) is 0 Å². The molecule has 0 aliphatic carbocycles. The summed E-state index contributed by atoms with van der Waals surface area (Å²) >= 11 is 0. The Balaban J connectivity index is 4.03. The van der Waals surface area contributed by atoms with Crippen molar-refractivity contribution in [2.24, 2.45) is 0 Å². The topological polar surface area (TPSA) is 92.7 Å². The van der Waals surface area contributed by atoms with Crippen LogP contribution in [0.2, 0.25) is 0 Å². The summed E-state index contributed by atoms with van der Waals surface area (Å²) in [7, 11) is 0. The fourth-order valence-electron chi connectivity index (χ4n) is 5.63. The van der Waals surface area contributed by atoms with Crippen molar-refractivity contribution in [3.8, 4) is 0 Å². The number of hydrogen-bond acceptors (Lipinski definition) is 4. The normalized spacial score (nSPS) is 12.8. The van der Waals surface area contributed by atoms with Crippen LogP contribution in [-0.2, 0) is 19.1 Å². The number of amides is 1. The summed E-state index contributed by atoms with van der Waals surface area (Å²) in [6, 6.07) is 0. The molecular weight excluding hydrogens is 634 g/mol. The first kappa shape index (κ1) is 47.8. The van der Waals surface area contributed by atoms with Crippen molar-refractivity contribution < 1.29 is 24.2 Å². The maximum Gasteiger partial charge on any atom is 0.322 e. The quantitative estimate of drug-likeness (QED) is 0.0384. The van der Waals surface area contributed by atoms with Crippen molar-refractivity contribution in [2.75, 3.05) is 6.54 Å². The molecule has 0 aromatic heterocycles. The van der Waals surface area contributed by atoms with Crippen LogP contribution in [0.3, 0.4) is 0 Å². The fraction of sp³-hybridized carbons (Fsp3) is 0.667. The van der Waals surface area contributed by atoms with Gasteiger partial charge in [-0.3, -0.25) is 14.4 Å². The molecule has 6 heteroatoms. The minimum Gasteiger partial charge on any atom is -0.480 e. The van der Waals surface area contributed by atoms with E-state index in [1.54, 1.807) is 0 Å². The lowest BCUT2D eigenvalue weighted by Crippen LogP contribution is -2.28. The smallest absolute Gasteiger partial charge is 0.322 e. The van der Waals surface area contributed by atoms with Crippen molar-refractivity contribution in [1.82, 2.24) is 5.32 Å². The minimum absolute atomic E-state index is 0.0126. The van der Waals surface area contributed by atoms with Crippen molar-refractivity contribution in [2.45, 2.75) is 187 Å². The fourth-order valence-corrected chi connectivity index (χ4v) is 5.63. The van der Waals surface area contributed by atoms with Gasteiger partial charge in [0, 0.05) is 12.8 Å². The molecule has 0 heterocycles. The first-order valence-corrected chi connectivity index (χ1v) is 20.6. The lowest BCUT2D eigenvalue weighted by atomic mass is 10.0. The number of carbonyl (C=O) groups is 3. The van der Waals surface area contributed by atoms with Gasteiger partial charge in [-0.2, -0.15) is 0 Å². The van der Waals surface area contributed by atoms with E-state index in [2.05, 4.69) is 92.1 Å². The Labute approximate surface area is 313 Å². The third kappa shape index (κ3) is 39.5. The van der Waals surface area contributed by atoms with Crippen LogP contribution < -0.4 is 5.32 Å². The van der Waals surface area contributed by atoms with E-state index >= 15 is 0 Å². The monoisotopic (exact) mass is 710 g/mol. The second-order valence-electron chi connectivity index (χ2n) is 13.5. The first-order chi connectivity index (χ1) is 25.0. The van der Waals surface area contributed by atoms with Gasteiger partial charge >= 0.3 is 11.9 Å². The number of rotatable bonds is 36. The SMILES string of the molecule is CC/C=C\C/C=C\C/C=C\C/C=C\C/C=C\C/C=C\CCCCCCC(=O)OC(CCCCCCCC)CCCCCCCC(=O)NCC(=O)O. The number of esters is 1. The molecule has 0 spiro atoms. The zero-order chi connectivity index (χ0) is 37.3. The molecule has 2 N–H and O–H groups in total. The Morgan fingerprint density at radius 1 is 0.529 bits per heavy atom. The summed E-state index contributed by atoms with van der Waals surface area (Å²) < 4.78 is 5.96. The summed E-state index contributed by atoms with van der Waals surface area (Å²) in [6.45, 7) is 4.07. The van der Waals surface area contributed by atoms with E-state index in [9.17, 15) is 14.4 Å². The molecule has 0 radical (unpaired) electrons. The molecule has 0 saturated carbocycles. The van der Waals surface area contributed by atoms with Gasteiger partial charge in [-0.05, 0) is 89.9 Å². The van der Waals surface area contributed by atoms with Crippen molar-refractivity contribution >= 4 is 17.8 Å². The Hall–Kier alpha value is -3.15. The van der Waals surface area contributed by atoms with Crippen LogP contribution in [0.25, 0.3) is 0 Å². The van der Waals surface area contributed by atoms with Crippen LogP contribution in [-0.4, -0.2) is 35.6 Å². The van der Waals surface area contributed by atoms with E-state index in [0.29, 0.717) is 12.8 Å². The molecule has 51 heavy (non-hydrogen) atoms. The predicted octanol–water partition coefficient (Wildman–Crippen LogP) is 12.6. The largest absolute Gasteiger partial charge is 0.480 e. The van der Waals surface area contributed by atoms with Crippen molar-refractivity contribution in [3.63, 3.8) is 0 Å². The van der Waals surface area contributed by atoms with Crippen LogP contribution in [0.4, 0.5) is 0 Å². The zero-order valence-corrected chi connectivity index (χ0v) is 32.7. The Kier molecular flexibility index (Phi) is 37.2. The average Bonchev–Trinajstić information content (AvgIpc) is 3.11. The second-order valence-corrected chi connectivity index (χ2v) is 13.5. The molecule has 6 nitrogen and oxygen atoms in total. The molecule has 0 saturated heterocycles. The molecule has 0 aliphatic heterocycles. The number of nitrogens with one attached hydrogen (secondary N) is 1. The maximum absolute atomic E-state index is 12.7. The molecule has 0 aromatic carbocycles. The summed E-state index contributed by atoms with van der Waals surface area (Å²) in [5, 5.41) is 11.0. The van der Waals surface area contributed by atoms with E-state index in [1.807, 2.05) is 0 Å². The zero-order valence-electron chi connectivity index (χ0n) is 32.7. The van der Waals surface area contributed by atoms with Gasteiger partial charge in [0.15, 0.2) is 0 Å². The molecule has 290 valence electrons. The molecule has 1 atom stereocenters. The van der Waals surface area contributed by atoms with E-state index < -0.39 is 5.97 Å². The van der Waals surface area contributed by atoms with E-state index in [0.717, 1.165) is 122 Å². The number of carboxylic acids is 1. The molecule has 0 fully saturated rings. The number of aliphatic carboxylic acids is 1. The van der Waals surface area contributed by atoms with Crippen LogP contribution in [0.15, 0.2) is 72.9 Å². The van der Waals surface area contributed by atoms with Gasteiger partial charge < -0.3 is 15.2 Å². The van der Waals surface area contributed by atoms with Crippen molar-refractivity contribution in [1.29, 1.82) is 0 Å². The third-order valence-electron chi connectivity index (χ3n) is 8.64. The molecule has 0 rings (SSSR count). The first-order valence-electron chi connectivity index (χ1n) is 20.6. The average molecular weight is 710 g/mol. The molecule has 1 amide bonds. The molecule has 0 aromatic rings. The van der Waals surface area contributed by atoms with Crippen LogP contribution in [0.1, 0.15) is 181 Å². The van der Waals surface area contributed by atoms with E-state index in [-0.39, 0.29) is 24.5 Å². The van der Waals surface area contributed by atoms with Gasteiger partial charge in [0.1, 0.15) is 12.6 Å². The highest BCUT2D eigenvalue weighted by molar-refractivity contribution is 5.80. The highest BCUT2D eigenvalue weighted by Gasteiger charge is 2.14. The molecule has 1 unspecified atom stereocenters. The highest BCUT2D eigenvalue weighted by atomic mass is 16.5. The number of carbonyl (C=O) groups excluding carboxylic acids is 2. The summed E-state index contributed by atoms with van der Waals surface area (Å²) in [5.41, 5.74) is 0. The Bertz CT molecular complexity index is 1010. The number of carboxylic acid groups (broad SMARTS) is 1. The van der Waals surface area contributed by atoms with Gasteiger partial charge in [-0.15, -0.1) is 0 Å². The van der Waals surface area contributed by atoms with E-state index in [4.69, 9.17) is 9.84 Å². The maximum atomic E-state index is 12.7.